The first-order valence-corrected chi connectivity index (χ1v) is 5.14. The minimum atomic E-state index is -1.02. The maximum atomic E-state index is 10.8. The molecule has 1 rings (SSSR count). The summed E-state index contributed by atoms with van der Waals surface area (Å²) in [6.07, 6.45) is 0. The zero-order valence-corrected chi connectivity index (χ0v) is 9.66. The van der Waals surface area contributed by atoms with Gasteiger partial charge in [0, 0.05) is 18.3 Å². The average Bonchev–Trinajstić information content (AvgIpc) is 2.34. The van der Waals surface area contributed by atoms with Gasteiger partial charge >= 0.3 is 5.97 Å². The van der Waals surface area contributed by atoms with Crippen LogP contribution in [0.25, 0.3) is 0 Å². The number of aliphatic carboxylic acids is 1. The molecule has 0 saturated carbocycles. The van der Waals surface area contributed by atoms with Crippen LogP contribution >= 0.6 is 0 Å². The van der Waals surface area contributed by atoms with Crippen molar-refractivity contribution in [3.63, 3.8) is 0 Å². The fraction of sp³-hybridized carbons (Fsp3) is 0.273. The molecular formula is C11H11N3O4. The number of nitriles is 1. The monoisotopic (exact) mass is 249 g/mol. The quantitative estimate of drug-likeness (QED) is 0.623. The number of hydrogen-bond acceptors (Lipinski definition) is 5. The highest BCUT2D eigenvalue weighted by Crippen LogP contribution is 2.25. The topological polar surface area (TPSA) is 107 Å². The first-order valence-electron chi connectivity index (χ1n) is 5.14. The van der Waals surface area contributed by atoms with Crippen molar-refractivity contribution < 1.29 is 14.8 Å². The Balaban J connectivity index is 3.18. The first kappa shape index (κ1) is 13.4. The fourth-order valence-corrected chi connectivity index (χ4v) is 1.51. The van der Waals surface area contributed by atoms with E-state index in [9.17, 15) is 14.9 Å². The minimum absolute atomic E-state index is 0.0462. The van der Waals surface area contributed by atoms with Gasteiger partial charge < -0.3 is 10.0 Å². The van der Waals surface area contributed by atoms with Gasteiger partial charge in [-0.05, 0) is 19.1 Å². The number of benzene rings is 1. The van der Waals surface area contributed by atoms with Crippen LogP contribution in [0.3, 0.4) is 0 Å². The van der Waals surface area contributed by atoms with Crippen molar-refractivity contribution in [2.24, 2.45) is 0 Å². The second-order valence-corrected chi connectivity index (χ2v) is 3.48. The molecule has 94 valence electrons. The summed E-state index contributed by atoms with van der Waals surface area (Å²) in [5, 5.41) is 28.3. The van der Waals surface area contributed by atoms with Crippen molar-refractivity contribution >= 4 is 17.3 Å². The molecule has 0 bridgehead atoms. The Morgan fingerprint density at radius 3 is 2.72 bits per heavy atom. The summed E-state index contributed by atoms with van der Waals surface area (Å²) in [6.45, 7) is 1.89. The third-order valence-corrected chi connectivity index (χ3v) is 2.37. The van der Waals surface area contributed by atoms with Crippen molar-refractivity contribution in [3.05, 3.63) is 33.9 Å². The van der Waals surface area contributed by atoms with Crippen LogP contribution in [-0.4, -0.2) is 29.1 Å². The largest absolute Gasteiger partial charge is 0.480 e. The SMILES string of the molecule is CCN(CC(=O)O)c1ccc(C#N)c([N+](=O)[O-])c1. The fourth-order valence-electron chi connectivity index (χ4n) is 1.51. The molecule has 7 nitrogen and oxygen atoms in total. The lowest BCUT2D eigenvalue weighted by Gasteiger charge is -2.20. The van der Waals surface area contributed by atoms with E-state index in [1.165, 1.54) is 23.1 Å². The van der Waals surface area contributed by atoms with Crippen LogP contribution in [0.15, 0.2) is 18.2 Å². The number of carboxylic acid groups (broad SMARTS) is 1. The molecule has 0 saturated heterocycles. The molecule has 0 aliphatic carbocycles. The van der Waals surface area contributed by atoms with Gasteiger partial charge in [0.05, 0.1) is 4.92 Å². The number of nitrogens with zero attached hydrogens (tertiary/aromatic N) is 3. The highest BCUT2D eigenvalue weighted by molar-refractivity contribution is 5.74. The molecule has 0 atom stereocenters. The summed E-state index contributed by atoms with van der Waals surface area (Å²) in [4.78, 5) is 22.3. The van der Waals surface area contributed by atoms with Crippen molar-refractivity contribution in [2.45, 2.75) is 6.92 Å². The summed E-state index contributed by atoms with van der Waals surface area (Å²) in [7, 11) is 0. The molecule has 0 aliphatic rings. The van der Waals surface area contributed by atoms with Crippen molar-refractivity contribution in [1.29, 1.82) is 5.26 Å². The van der Waals surface area contributed by atoms with E-state index in [-0.39, 0.29) is 17.8 Å². The summed E-state index contributed by atoms with van der Waals surface area (Å²) >= 11 is 0. The lowest BCUT2D eigenvalue weighted by Crippen LogP contribution is -2.29. The predicted molar refractivity (Wildman–Crippen MR) is 63.3 cm³/mol. The van der Waals surface area contributed by atoms with E-state index in [4.69, 9.17) is 10.4 Å². The third-order valence-electron chi connectivity index (χ3n) is 2.37. The molecule has 0 unspecified atom stereocenters. The maximum absolute atomic E-state index is 10.8. The van der Waals surface area contributed by atoms with Crippen LogP contribution in [0.1, 0.15) is 12.5 Å². The Morgan fingerprint density at radius 1 is 1.61 bits per heavy atom. The molecule has 0 aliphatic heterocycles. The van der Waals surface area contributed by atoms with Crippen LogP contribution in [-0.2, 0) is 4.79 Å². The van der Waals surface area contributed by atoms with Crippen LogP contribution in [0, 0.1) is 21.4 Å². The van der Waals surface area contributed by atoms with Crippen LogP contribution in [0.4, 0.5) is 11.4 Å². The molecule has 1 aromatic carbocycles. The molecule has 7 heteroatoms. The van der Waals surface area contributed by atoms with Gasteiger partial charge in [0.25, 0.3) is 5.69 Å². The minimum Gasteiger partial charge on any atom is -0.480 e. The van der Waals surface area contributed by atoms with E-state index in [0.29, 0.717) is 12.2 Å². The van der Waals surface area contributed by atoms with Gasteiger partial charge in [-0.3, -0.25) is 14.9 Å². The van der Waals surface area contributed by atoms with Crippen LogP contribution < -0.4 is 4.90 Å². The molecular weight excluding hydrogens is 238 g/mol. The number of nitro groups is 1. The Labute approximate surface area is 103 Å². The van der Waals surface area contributed by atoms with Crippen molar-refractivity contribution in [3.8, 4) is 6.07 Å². The number of hydrogen-bond donors (Lipinski definition) is 1. The number of rotatable bonds is 5. The average molecular weight is 249 g/mol. The molecule has 0 fully saturated rings. The zero-order chi connectivity index (χ0) is 13.7. The van der Waals surface area contributed by atoms with E-state index in [2.05, 4.69) is 0 Å². The smallest absolute Gasteiger partial charge is 0.323 e. The summed E-state index contributed by atoms with van der Waals surface area (Å²) in [5.41, 5.74) is 0.0413. The molecule has 0 radical (unpaired) electrons. The first-order chi connectivity index (χ1) is 8.49. The molecule has 0 aromatic heterocycles. The van der Waals surface area contributed by atoms with Gasteiger partial charge in [0.2, 0.25) is 0 Å². The van der Waals surface area contributed by atoms with Crippen LogP contribution in [0.5, 0.6) is 0 Å². The number of nitro benzene ring substituents is 1. The molecule has 1 N–H and O–H groups in total. The highest BCUT2D eigenvalue weighted by Gasteiger charge is 2.17. The molecule has 1 aromatic rings. The van der Waals surface area contributed by atoms with E-state index < -0.39 is 10.9 Å². The van der Waals surface area contributed by atoms with E-state index in [1.54, 1.807) is 13.0 Å². The summed E-state index contributed by atoms with van der Waals surface area (Å²) in [5.74, 6) is -1.02. The Bertz CT molecular complexity index is 522. The summed E-state index contributed by atoms with van der Waals surface area (Å²) < 4.78 is 0. The second-order valence-electron chi connectivity index (χ2n) is 3.48. The molecule has 0 amide bonds. The Morgan fingerprint density at radius 2 is 2.28 bits per heavy atom. The van der Waals surface area contributed by atoms with E-state index >= 15 is 0 Å². The summed E-state index contributed by atoms with van der Waals surface area (Å²) in [6, 6.07) is 5.75. The van der Waals surface area contributed by atoms with Gasteiger partial charge in [-0.15, -0.1) is 0 Å². The predicted octanol–water partition coefficient (Wildman–Crippen LogP) is 1.38. The van der Waals surface area contributed by atoms with E-state index in [1.807, 2.05) is 0 Å². The normalized spacial score (nSPS) is 9.56. The standard InChI is InChI=1S/C11H11N3O4/c1-2-13(7-11(15)16)9-4-3-8(6-12)10(5-9)14(17)18/h3-5H,2,7H2,1H3,(H,15,16). The van der Waals surface area contributed by atoms with Gasteiger partial charge in [0.1, 0.15) is 18.2 Å². The molecule has 0 spiro atoms. The lowest BCUT2D eigenvalue weighted by atomic mass is 10.1. The number of carboxylic acids is 1. The lowest BCUT2D eigenvalue weighted by molar-refractivity contribution is -0.385. The van der Waals surface area contributed by atoms with Crippen molar-refractivity contribution in [1.82, 2.24) is 0 Å². The Kier molecular flexibility index (Phi) is 4.21. The van der Waals surface area contributed by atoms with Gasteiger partial charge in [0.15, 0.2) is 0 Å². The molecule has 0 heterocycles. The second kappa shape index (κ2) is 5.63. The third kappa shape index (κ3) is 2.95. The van der Waals surface area contributed by atoms with E-state index in [0.717, 1.165) is 0 Å². The Hall–Kier alpha value is -2.62. The van der Waals surface area contributed by atoms with Gasteiger partial charge in [-0.2, -0.15) is 5.26 Å². The van der Waals surface area contributed by atoms with Gasteiger partial charge in [-0.1, -0.05) is 0 Å². The van der Waals surface area contributed by atoms with Crippen molar-refractivity contribution in [2.75, 3.05) is 18.0 Å². The van der Waals surface area contributed by atoms with Crippen LogP contribution in [0.2, 0.25) is 0 Å². The maximum Gasteiger partial charge on any atom is 0.323 e. The molecule has 18 heavy (non-hydrogen) atoms. The number of carbonyl (C=O) groups is 1. The number of likely N-dealkylation sites (N-methyl/N-ethyl adjacent to an activating group) is 1. The van der Waals surface area contributed by atoms with Gasteiger partial charge in [-0.25, -0.2) is 0 Å². The number of anilines is 1. The zero-order valence-electron chi connectivity index (χ0n) is 9.66. The highest BCUT2D eigenvalue weighted by atomic mass is 16.6.